The van der Waals surface area contributed by atoms with Crippen molar-refractivity contribution >= 4 is 40.0 Å². The first kappa shape index (κ1) is 21.8. The van der Waals surface area contributed by atoms with E-state index in [9.17, 15) is 14.4 Å². The average Bonchev–Trinajstić information content (AvgIpc) is 3.50. The predicted molar refractivity (Wildman–Crippen MR) is 128 cm³/mol. The van der Waals surface area contributed by atoms with Gasteiger partial charge in [0.15, 0.2) is 0 Å². The van der Waals surface area contributed by atoms with Gasteiger partial charge >= 0.3 is 0 Å². The van der Waals surface area contributed by atoms with E-state index in [1.165, 1.54) is 34.4 Å². The molecule has 0 saturated heterocycles. The van der Waals surface area contributed by atoms with Gasteiger partial charge in [0.2, 0.25) is 4.96 Å². The minimum absolute atomic E-state index is 0.136. The van der Waals surface area contributed by atoms with E-state index in [2.05, 4.69) is 15.4 Å². The number of amides is 3. The molecule has 4 aromatic rings. The number of thiazole rings is 1. The van der Waals surface area contributed by atoms with Gasteiger partial charge in [-0.3, -0.25) is 24.6 Å². The molecule has 3 heterocycles. The lowest BCUT2D eigenvalue weighted by Gasteiger charge is -2.20. The van der Waals surface area contributed by atoms with Crippen molar-refractivity contribution in [1.82, 2.24) is 19.5 Å². The maximum absolute atomic E-state index is 12.9. The fraction of sp³-hybridized carbons (Fsp3) is 0.208. The molecule has 0 fully saturated rings. The number of methoxy groups -OCH3 is 1. The van der Waals surface area contributed by atoms with Crippen LogP contribution in [0, 0.1) is 0 Å². The number of imide groups is 1. The van der Waals surface area contributed by atoms with E-state index < -0.39 is 5.91 Å². The van der Waals surface area contributed by atoms with Crippen molar-refractivity contribution in [3.05, 3.63) is 64.5 Å². The molecule has 1 N–H and O–H groups in total. The molecular weight excluding hydrogens is 454 g/mol. The third-order valence-electron chi connectivity index (χ3n) is 5.90. The normalized spacial score (nSPS) is 13.9. The molecule has 2 aromatic heterocycles. The van der Waals surface area contributed by atoms with Crippen LogP contribution in [0.15, 0.2) is 47.8 Å². The maximum atomic E-state index is 12.9. The minimum atomic E-state index is -0.470. The summed E-state index contributed by atoms with van der Waals surface area (Å²) in [7, 11) is 1.60. The van der Waals surface area contributed by atoms with Gasteiger partial charge in [-0.15, -0.1) is 16.4 Å². The number of para-hydroxylation sites is 1. The Labute approximate surface area is 199 Å². The van der Waals surface area contributed by atoms with Crippen molar-refractivity contribution in [2.75, 3.05) is 12.4 Å². The number of anilines is 1. The maximum Gasteiger partial charge on any atom is 0.261 e. The highest BCUT2D eigenvalue weighted by atomic mass is 32.1. The predicted octanol–water partition coefficient (Wildman–Crippen LogP) is 4.11. The average molecular weight is 476 g/mol. The second-order valence-electron chi connectivity index (χ2n) is 7.90. The first-order chi connectivity index (χ1) is 16.4. The van der Waals surface area contributed by atoms with E-state index in [0.717, 1.165) is 11.3 Å². The molecule has 0 bridgehead atoms. The van der Waals surface area contributed by atoms with Crippen LogP contribution < -0.4 is 10.1 Å². The van der Waals surface area contributed by atoms with Gasteiger partial charge in [-0.05, 0) is 43.7 Å². The molecule has 0 radical (unpaired) electrons. The lowest BCUT2D eigenvalue weighted by Crippen LogP contribution is -2.37. The zero-order chi connectivity index (χ0) is 24.0. The highest BCUT2D eigenvalue weighted by Crippen LogP contribution is 2.33. The Morgan fingerprint density at radius 3 is 2.65 bits per heavy atom. The summed E-state index contributed by atoms with van der Waals surface area (Å²) in [4.78, 5) is 44.6. The highest BCUT2D eigenvalue weighted by molar-refractivity contribution is 7.15. The summed E-state index contributed by atoms with van der Waals surface area (Å²) in [6.07, 6.45) is 0.652. The van der Waals surface area contributed by atoms with E-state index in [-0.39, 0.29) is 34.9 Å². The van der Waals surface area contributed by atoms with Crippen molar-refractivity contribution in [2.45, 2.75) is 26.3 Å². The molecule has 0 saturated carbocycles. The topological polar surface area (TPSA) is 106 Å². The Morgan fingerprint density at radius 1 is 1.12 bits per heavy atom. The monoisotopic (exact) mass is 475 g/mol. The van der Waals surface area contributed by atoms with Gasteiger partial charge in [0, 0.05) is 22.5 Å². The molecule has 10 heteroatoms. The molecule has 2 aromatic carbocycles. The zero-order valence-electron chi connectivity index (χ0n) is 18.7. The number of nitrogens with one attached hydrogen (secondary N) is 1. The van der Waals surface area contributed by atoms with Crippen molar-refractivity contribution in [2.24, 2.45) is 0 Å². The molecule has 0 spiro atoms. The van der Waals surface area contributed by atoms with Crippen LogP contribution in [0.4, 0.5) is 5.95 Å². The van der Waals surface area contributed by atoms with Crippen LogP contribution >= 0.6 is 11.3 Å². The number of rotatable bonds is 6. The standard InChI is InChI=1S/C24H21N5O4S/c1-4-13(2)28-21(31)15-10-9-14(11-17(15)22(28)32)20(30)25-23-26-24-29(27-23)18(12-34-24)16-7-5-6-8-19(16)33-3/h5-13H,4H2,1-3H3,(H,25,27,30). The second kappa shape index (κ2) is 8.38. The van der Waals surface area contributed by atoms with Crippen LogP contribution in [0.2, 0.25) is 0 Å². The van der Waals surface area contributed by atoms with Crippen LogP contribution in [0.3, 0.4) is 0 Å². The van der Waals surface area contributed by atoms with Gasteiger partial charge in [0.05, 0.1) is 23.9 Å². The number of carbonyl (C=O) groups is 3. The molecule has 1 unspecified atom stereocenters. The molecule has 3 amide bonds. The zero-order valence-corrected chi connectivity index (χ0v) is 19.5. The summed E-state index contributed by atoms with van der Waals surface area (Å²) in [5.41, 5.74) is 2.43. The van der Waals surface area contributed by atoms with Gasteiger partial charge < -0.3 is 4.74 Å². The Balaban J connectivity index is 1.41. The first-order valence-corrected chi connectivity index (χ1v) is 11.6. The molecule has 1 atom stereocenters. The van der Waals surface area contributed by atoms with Gasteiger partial charge in [-0.1, -0.05) is 19.1 Å². The van der Waals surface area contributed by atoms with Crippen LogP contribution in [0.1, 0.15) is 51.3 Å². The Morgan fingerprint density at radius 2 is 1.88 bits per heavy atom. The number of carbonyl (C=O) groups excluding carboxylic acids is 3. The summed E-state index contributed by atoms with van der Waals surface area (Å²) >= 11 is 1.39. The molecule has 34 heavy (non-hydrogen) atoms. The summed E-state index contributed by atoms with van der Waals surface area (Å²) in [5, 5.41) is 9.04. The molecule has 0 aliphatic carbocycles. The molecular formula is C24H21N5O4S. The van der Waals surface area contributed by atoms with Crippen molar-refractivity contribution < 1.29 is 19.1 Å². The number of aromatic nitrogens is 3. The highest BCUT2D eigenvalue weighted by Gasteiger charge is 2.38. The number of benzene rings is 2. The van der Waals surface area contributed by atoms with Crippen molar-refractivity contribution in [3.63, 3.8) is 0 Å². The summed E-state index contributed by atoms with van der Waals surface area (Å²) < 4.78 is 7.09. The fourth-order valence-electron chi connectivity index (χ4n) is 3.93. The molecule has 1 aliphatic heterocycles. The fourth-order valence-corrected chi connectivity index (χ4v) is 4.76. The number of hydrogen-bond donors (Lipinski definition) is 1. The lowest BCUT2D eigenvalue weighted by atomic mass is 10.1. The van der Waals surface area contributed by atoms with E-state index in [1.54, 1.807) is 11.6 Å². The number of ether oxygens (including phenoxy) is 1. The number of hydrogen-bond acceptors (Lipinski definition) is 7. The summed E-state index contributed by atoms with van der Waals surface area (Å²) in [5.74, 6) is -0.349. The third-order valence-corrected chi connectivity index (χ3v) is 6.72. The molecule has 5 rings (SSSR count). The van der Waals surface area contributed by atoms with Gasteiger partial charge in [0.1, 0.15) is 5.75 Å². The Bertz CT molecular complexity index is 1460. The SMILES string of the molecule is CCC(C)N1C(=O)c2ccc(C(=O)Nc3nc4scc(-c5ccccc5OC)n4n3)cc2C1=O. The second-order valence-corrected chi connectivity index (χ2v) is 8.74. The van der Waals surface area contributed by atoms with Gasteiger partial charge in [-0.25, -0.2) is 4.52 Å². The first-order valence-electron chi connectivity index (χ1n) is 10.7. The smallest absolute Gasteiger partial charge is 0.261 e. The Kier molecular flexibility index (Phi) is 5.37. The van der Waals surface area contributed by atoms with Crippen LogP contribution in [0.25, 0.3) is 16.2 Å². The van der Waals surface area contributed by atoms with Crippen molar-refractivity contribution in [1.29, 1.82) is 0 Å². The van der Waals surface area contributed by atoms with E-state index in [0.29, 0.717) is 22.7 Å². The molecule has 9 nitrogen and oxygen atoms in total. The van der Waals surface area contributed by atoms with Crippen LogP contribution in [-0.2, 0) is 0 Å². The van der Waals surface area contributed by atoms with E-state index in [4.69, 9.17) is 4.74 Å². The van der Waals surface area contributed by atoms with Crippen molar-refractivity contribution in [3.8, 4) is 17.0 Å². The van der Waals surface area contributed by atoms with Crippen LogP contribution in [0.5, 0.6) is 5.75 Å². The summed E-state index contributed by atoms with van der Waals surface area (Å²) in [6.45, 7) is 3.74. The summed E-state index contributed by atoms with van der Waals surface area (Å²) in [6, 6.07) is 11.9. The van der Waals surface area contributed by atoms with E-state index in [1.807, 2.05) is 43.5 Å². The van der Waals surface area contributed by atoms with Gasteiger partial charge in [-0.2, -0.15) is 4.98 Å². The quantitative estimate of drug-likeness (QED) is 0.421. The van der Waals surface area contributed by atoms with E-state index >= 15 is 0 Å². The van der Waals surface area contributed by atoms with Gasteiger partial charge in [0.25, 0.3) is 23.7 Å². The van der Waals surface area contributed by atoms with Crippen LogP contribution in [-0.4, -0.2) is 50.4 Å². The largest absolute Gasteiger partial charge is 0.496 e. The Hall–Kier alpha value is -4.05. The molecule has 172 valence electrons. The number of fused-ring (bicyclic) bond motifs is 2. The number of nitrogens with zero attached hydrogens (tertiary/aromatic N) is 4. The lowest BCUT2D eigenvalue weighted by molar-refractivity contribution is 0.0593. The minimum Gasteiger partial charge on any atom is -0.496 e. The molecule has 1 aliphatic rings. The third kappa shape index (κ3) is 3.43.